The van der Waals surface area contributed by atoms with Crippen LogP contribution in [0.2, 0.25) is 0 Å². The predicted octanol–water partition coefficient (Wildman–Crippen LogP) is 4.79. The van der Waals surface area contributed by atoms with Crippen molar-refractivity contribution in [2.75, 3.05) is 0 Å². The number of aromatic amines is 2. The van der Waals surface area contributed by atoms with E-state index in [0.717, 1.165) is 22.1 Å². The summed E-state index contributed by atoms with van der Waals surface area (Å²) in [6.07, 6.45) is 4.80. The summed E-state index contributed by atoms with van der Waals surface area (Å²) >= 11 is 0. The Bertz CT molecular complexity index is 1260. The van der Waals surface area contributed by atoms with Crippen LogP contribution in [-0.4, -0.2) is 19.9 Å². The molecule has 0 atom stereocenters. The minimum Gasteiger partial charge on any atom is -0.355 e. The van der Waals surface area contributed by atoms with E-state index in [0.29, 0.717) is 11.4 Å². The Morgan fingerprint density at radius 2 is 1.28 bits per heavy atom. The van der Waals surface area contributed by atoms with Crippen LogP contribution in [0.15, 0.2) is 42.5 Å². The predicted molar refractivity (Wildman–Crippen MR) is 98.8 cm³/mol. The van der Waals surface area contributed by atoms with Gasteiger partial charge in [-0.05, 0) is 66.7 Å². The zero-order chi connectivity index (χ0) is 17.7. The van der Waals surface area contributed by atoms with Gasteiger partial charge in [-0.15, -0.1) is 0 Å². The highest BCUT2D eigenvalue weighted by Crippen LogP contribution is 2.20. The molecule has 0 saturated carbocycles. The molecule has 2 aliphatic heterocycles. The molecule has 25 heavy (non-hydrogen) atoms. The van der Waals surface area contributed by atoms with Crippen molar-refractivity contribution in [3.05, 3.63) is 71.1 Å². The fourth-order valence-electron chi connectivity index (χ4n) is 2.90. The highest BCUT2D eigenvalue weighted by atomic mass is 19.1. The van der Waals surface area contributed by atoms with Crippen LogP contribution in [0.5, 0.6) is 0 Å². The fourth-order valence-corrected chi connectivity index (χ4v) is 2.90. The van der Waals surface area contributed by atoms with Crippen LogP contribution in [0.1, 0.15) is 24.1 Å². The maximum atomic E-state index is 14.8. The van der Waals surface area contributed by atoms with Gasteiger partial charge >= 0.3 is 0 Å². The van der Waals surface area contributed by atoms with E-state index >= 15 is 0 Å². The van der Waals surface area contributed by atoms with E-state index in [-0.39, 0.29) is 17.4 Å². The third-order valence-electron chi connectivity index (χ3n) is 4.08. The standard InChI is InChI=1S/C20H13FN4/c21-20-18-7-5-16(24-18)10-14-3-1-12(22-14)9-13-2-4-15(23-13)11-17-6-8-19(20)25-17/h1-11,22-23H/i5D. The lowest BCUT2D eigenvalue weighted by Gasteiger charge is -1.90. The Labute approximate surface area is 143 Å². The minimum atomic E-state index is -0.530. The number of aromatic nitrogens is 4. The van der Waals surface area contributed by atoms with E-state index < -0.39 is 5.82 Å². The SMILES string of the molecule is [2H]C1=Cc2nc1cc1ccc(cc3ccc(cc4nc(c2F)C=C4)[nH]3)[nH]1. The van der Waals surface area contributed by atoms with Crippen LogP contribution in [0, 0.1) is 5.82 Å². The number of nitrogens with zero attached hydrogens (tertiary/aromatic N) is 2. The van der Waals surface area contributed by atoms with Crippen molar-refractivity contribution >= 4 is 46.3 Å². The summed E-state index contributed by atoms with van der Waals surface area (Å²) in [5.41, 5.74) is 4.95. The summed E-state index contributed by atoms with van der Waals surface area (Å²) in [7, 11) is 0. The molecular formula is C20H13FN4. The van der Waals surface area contributed by atoms with Crippen molar-refractivity contribution < 1.29 is 5.76 Å². The van der Waals surface area contributed by atoms with Gasteiger partial charge in [-0.1, -0.05) is 0 Å². The average Bonchev–Trinajstić information content (AvgIpc) is 3.38. The van der Waals surface area contributed by atoms with Crippen molar-refractivity contribution in [2.45, 2.75) is 0 Å². The Morgan fingerprint density at radius 3 is 2.00 bits per heavy atom. The van der Waals surface area contributed by atoms with Crippen molar-refractivity contribution in [3.63, 3.8) is 0 Å². The number of rotatable bonds is 0. The third kappa shape index (κ3) is 2.55. The smallest absolute Gasteiger partial charge is 0.174 e. The van der Waals surface area contributed by atoms with Gasteiger partial charge in [0.15, 0.2) is 5.82 Å². The Balaban J connectivity index is 1.90. The molecule has 4 nitrogen and oxygen atoms in total. The van der Waals surface area contributed by atoms with Gasteiger partial charge in [0, 0.05) is 22.1 Å². The average molecular weight is 329 g/mol. The first-order valence-electron chi connectivity index (χ1n) is 8.37. The number of nitrogens with one attached hydrogen (secondary N) is 2. The molecular weight excluding hydrogens is 315 g/mol. The van der Waals surface area contributed by atoms with E-state index in [1.807, 2.05) is 36.4 Å². The third-order valence-corrected chi connectivity index (χ3v) is 4.08. The molecule has 0 radical (unpaired) electrons. The molecule has 3 aromatic heterocycles. The van der Waals surface area contributed by atoms with E-state index in [4.69, 9.17) is 1.37 Å². The Morgan fingerprint density at radius 1 is 0.720 bits per heavy atom. The first-order chi connectivity index (χ1) is 12.6. The van der Waals surface area contributed by atoms with Crippen LogP contribution in [0.25, 0.3) is 46.3 Å². The van der Waals surface area contributed by atoms with E-state index in [2.05, 4.69) is 19.9 Å². The molecule has 0 fully saturated rings. The van der Waals surface area contributed by atoms with Gasteiger partial charge in [0.25, 0.3) is 0 Å². The van der Waals surface area contributed by atoms with Crippen molar-refractivity contribution in [1.29, 1.82) is 0 Å². The van der Waals surface area contributed by atoms with Crippen molar-refractivity contribution in [2.24, 2.45) is 0 Å². The summed E-state index contributed by atoms with van der Waals surface area (Å²) in [5.74, 6) is -0.530. The molecule has 120 valence electrons. The van der Waals surface area contributed by atoms with Gasteiger partial charge in [0.1, 0.15) is 11.4 Å². The van der Waals surface area contributed by atoms with Crippen LogP contribution in [-0.2, 0) is 0 Å². The minimum absolute atomic E-state index is 0.124. The molecule has 2 aliphatic rings. The lowest BCUT2D eigenvalue weighted by molar-refractivity contribution is 0.613. The van der Waals surface area contributed by atoms with Gasteiger partial charge in [-0.25, -0.2) is 14.4 Å². The second-order valence-corrected chi connectivity index (χ2v) is 5.91. The molecule has 2 N–H and O–H groups in total. The number of H-pyrrole nitrogens is 2. The van der Waals surface area contributed by atoms with E-state index in [1.165, 1.54) is 6.08 Å². The van der Waals surface area contributed by atoms with Crippen LogP contribution in [0.3, 0.4) is 0 Å². The molecule has 0 aromatic carbocycles. The van der Waals surface area contributed by atoms with E-state index in [1.54, 1.807) is 18.2 Å². The summed E-state index contributed by atoms with van der Waals surface area (Å²) in [5, 5.41) is 0. The van der Waals surface area contributed by atoms with Gasteiger partial charge in [0.05, 0.1) is 12.8 Å². The van der Waals surface area contributed by atoms with Crippen molar-refractivity contribution in [3.8, 4) is 0 Å². The number of fused-ring (bicyclic) bond motifs is 8. The summed E-state index contributed by atoms with van der Waals surface area (Å²) in [6, 6.07) is 13.5. The maximum Gasteiger partial charge on any atom is 0.174 e. The van der Waals surface area contributed by atoms with Gasteiger partial charge in [0.2, 0.25) is 0 Å². The molecule has 5 heterocycles. The number of hydrogen-bond donors (Lipinski definition) is 2. The summed E-state index contributed by atoms with van der Waals surface area (Å²) in [4.78, 5) is 15.1. The molecule has 5 heteroatoms. The highest BCUT2D eigenvalue weighted by molar-refractivity contribution is 5.77. The number of hydrogen-bond acceptors (Lipinski definition) is 2. The largest absolute Gasteiger partial charge is 0.355 e. The first-order valence-corrected chi connectivity index (χ1v) is 7.87. The van der Waals surface area contributed by atoms with Crippen LogP contribution < -0.4 is 0 Å². The lowest BCUT2D eigenvalue weighted by atomic mass is 10.3. The first kappa shape index (κ1) is 12.9. The van der Waals surface area contributed by atoms with Crippen LogP contribution in [0.4, 0.5) is 4.39 Å². The molecule has 0 amide bonds. The molecule has 8 bridgehead atoms. The van der Waals surface area contributed by atoms with E-state index in [9.17, 15) is 4.39 Å². The number of halogens is 1. The highest BCUT2D eigenvalue weighted by Gasteiger charge is 2.10. The molecule has 0 aliphatic carbocycles. The summed E-state index contributed by atoms with van der Waals surface area (Å²) < 4.78 is 22.8. The zero-order valence-corrected chi connectivity index (χ0v) is 13.0. The molecule has 0 unspecified atom stereocenters. The van der Waals surface area contributed by atoms with Gasteiger partial charge in [-0.2, -0.15) is 0 Å². The quantitative estimate of drug-likeness (QED) is 0.487. The van der Waals surface area contributed by atoms with Crippen LogP contribution >= 0.6 is 0 Å². The van der Waals surface area contributed by atoms with Crippen molar-refractivity contribution in [1.82, 2.24) is 19.9 Å². The maximum absolute atomic E-state index is 14.8. The Hall–Kier alpha value is -3.47. The summed E-state index contributed by atoms with van der Waals surface area (Å²) in [6.45, 7) is 0. The second-order valence-electron chi connectivity index (χ2n) is 5.91. The molecule has 3 aromatic rings. The normalized spacial score (nSPS) is 13.6. The lowest BCUT2D eigenvalue weighted by Crippen LogP contribution is -1.87. The second kappa shape index (κ2) is 5.27. The van der Waals surface area contributed by atoms with Gasteiger partial charge < -0.3 is 9.97 Å². The fraction of sp³-hybridized carbons (Fsp3) is 0. The molecule has 5 rings (SSSR count). The zero-order valence-electron chi connectivity index (χ0n) is 14.0. The Kier molecular flexibility index (Phi) is 2.72. The molecule has 0 saturated heterocycles. The van der Waals surface area contributed by atoms with Gasteiger partial charge in [-0.3, -0.25) is 0 Å². The topological polar surface area (TPSA) is 57.4 Å². The monoisotopic (exact) mass is 329 g/mol. The molecule has 0 spiro atoms.